The highest BCUT2D eigenvalue weighted by molar-refractivity contribution is 5.36. The van der Waals surface area contributed by atoms with Gasteiger partial charge < -0.3 is 10.2 Å². The summed E-state index contributed by atoms with van der Waals surface area (Å²) in [5, 5.41) is 11.4. The molecule has 0 aromatic carbocycles. The van der Waals surface area contributed by atoms with Crippen LogP contribution in [0.2, 0.25) is 0 Å². The van der Waals surface area contributed by atoms with Gasteiger partial charge in [0.15, 0.2) is 0 Å². The fourth-order valence-corrected chi connectivity index (χ4v) is 0.865. The first-order valence-corrected chi connectivity index (χ1v) is 4.54. The van der Waals surface area contributed by atoms with Crippen molar-refractivity contribution in [3.63, 3.8) is 0 Å². The molecule has 4 heteroatoms. The van der Waals surface area contributed by atoms with E-state index in [2.05, 4.69) is 18.5 Å². The van der Waals surface area contributed by atoms with Gasteiger partial charge in [-0.1, -0.05) is 13.2 Å². The van der Waals surface area contributed by atoms with Gasteiger partial charge in [-0.05, 0) is 13.1 Å². The van der Waals surface area contributed by atoms with E-state index in [0.717, 1.165) is 12.6 Å². The second-order valence-corrected chi connectivity index (χ2v) is 3.10. The molecule has 0 spiro atoms. The standard InChI is InChI=1S/C11H16FN3/c1-9(8-13)7-11(12)10(2)15(4)6-5-14-3/h7,14H,1-2,5-6H2,3-4H3/b11-7+. The van der Waals surface area contributed by atoms with Crippen molar-refractivity contribution in [2.24, 2.45) is 0 Å². The number of nitrogens with zero attached hydrogens (tertiary/aromatic N) is 2. The van der Waals surface area contributed by atoms with Crippen molar-refractivity contribution >= 4 is 0 Å². The van der Waals surface area contributed by atoms with Crippen LogP contribution in [0.25, 0.3) is 0 Å². The fraction of sp³-hybridized carbons (Fsp3) is 0.364. The van der Waals surface area contributed by atoms with E-state index in [1.165, 1.54) is 0 Å². The van der Waals surface area contributed by atoms with Crippen molar-refractivity contribution in [2.75, 3.05) is 27.2 Å². The molecule has 0 aliphatic heterocycles. The monoisotopic (exact) mass is 209 g/mol. The molecule has 82 valence electrons. The second-order valence-electron chi connectivity index (χ2n) is 3.10. The lowest BCUT2D eigenvalue weighted by molar-refractivity contribution is 0.401. The molecule has 0 rings (SSSR count). The first-order chi connectivity index (χ1) is 7.02. The summed E-state index contributed by atoms with van der Waals surface area (Å²) in [7, 11) is 3.56. The average molecular weight is 209 g/mol. The van der Waals surface area contributed by atoms with Gasteiger partial charge in [0.2, 0.25) is 0 Å². The van der Waals surface area contributed by atoms with E-state index in [1.807, 2.05) is 7.05 Å². The SMILES string of the molecule is C=C(C#N)/C=C(/F)C(=C)N(C)CCNC. The summed E-state index contributed by atoms with van der Waals surface area (Å²) in [6.07, 6.45) is 1.08. The summed E-state index contributed by atoms with van der Waals surface area (Å²) in [5.74, 6) is -0.528. The predicted octanol–water partition coefficient (Wildman–Crippen LogP) is 1.58. The molecule has 0 aliphatic carbocycles. The topological polar surface area (TPSA) is 39.1 Å². The van der Waals surface area contributed by atoms with Crippen LogP contribution in [0.1, 0.15) is 0 Å². The maximum atomic E-state index is 13.4. The number of hydrogen-bond acceptors (Lipinski definition) is 3. The highest BCUT2D eigenvalue weighted by Gasteiger charge is 2.07. The van der Waals surface area contributed by atoms with Gasteiger partial charge in [-0.3, -0.25) is 0 Å². The highest BCUT2D eigenvalue weighted by atomic mass is 19.1. The molecule has 15 heavy (non-hydrogen) atoms. The molecule has 0 amide bonds. The van der Waals surface area contributed by atoms with Crippen molar-refractivity contribution < 1.29 is 4.39 Å². The zero-order chi connectivity index (χ0) is 11.8. The van der Waals surface area contributed by atoms with E-state index in [0.29, 0.717) is 6.54 Å². The first kappa shape index (κ1) is 13.4. The molecule has 0 atom stereocenters. The number of rotatable bonds is 6. The number of hydrogen-bond donors (Lipinski definition) is 1. The van der Waals surface area contributed by atoms with E-state index in [9.17, 15) is 4.39 Å². The van der Waals surface area contributed by atoms with Crippen LogP contribution in [-0.4, -0.2) is 32.1 Å². The molecule has 0 aromatic rings. The molecule has 1 N–H and O–H groups in total. The Labute approximate surface area is 90.2 Å². The molecule has 0 aliphatic rings. The Morgan fingerprint density at radius 3 is 2.67 bits per heavy atom. The van der Waals surface area contributed by atoms with E-state index in [4.69, 9.17) is 5.26 Å². The minimum absolute atomic E-state index is 0.0793. The van der Waals surface area contributed by atoms with Crippen LogP contribution in [0.3, 0.4) is 0 Å². The van der Waals surface area contributed by atoms with Crippen molar-refractivity contribution in [1.82, 2.24) is 10.2 Å². The Bertz CT molecular complexity index is 312. The third-order valence-electron chi connectivity index (χ3n) is 1.88. The van der Waals surface area contributed by atoms with E-state index in [1.54, 1.807) is 18.0 Å². The van der Waals surface area contributed by atoms with Gasteiger partial charge in [0, 0.05) is 25.7 Å². The molecule has 0 fully saturated rings. The van der Waals surface area contributed by atoms with E-state index >= 15 is 0 Å². The molecule has 0 saturated carbocycles. The maximum absolute atomic E-state index is 13.4. The lowest BCUT2D eigenvalue weighted by Crippen LogP contribution is -2.26. The first-order valence-electron chi connectivity index (χ1n) is 4.54. The number of halogens is 1. The van der Waals surface area contributed by atoms with Crippen LogP contribution in [0.4, 0.5) is 4.39 Å². The molecule has 0 radical (unpaired) electrons. The van der Waals surface area contributed by atoms with Gasteiger partial charge in [-0.15, -0.1) is 0 Å². The molecule has 0 aromatic heterocycles. The van der Waals surface area contributed by atoms with Gasteiger partial charge in [0.05, 0.1) is 11.8 Å². The second kappa shape index (κ2) is 6.80. The normalized spacial score (nSPS) is 10.7. The summed E-state index contributed by atoms with van der Waals surface area (Å²) in [5.41, 5.74) is 0.331. The summed E-state index contributed by atoms with van der Waals surface area (Å²) in [4.78, 5) is 1.67. The van der Waals surface area contributed by atoms with Crippen molar-refractivity contribution in [1.29, 1.82) is 5.26 Å². The van der Waals surface area contributed by atoms with Gasteiger partial charge in [-0.2, -0.15) is 5.26 Å². The zero-order valence-corrected chi connectivity index (χ0v) is 9.18. The Hall–Kier alpha value is -1.60. The van der Waals surface area contributed by atoms with Gasteiger partial charge in [0.25, 0.3) is 0 Å². The van der Waals surface area contributed by atoms with Crippen LogP contribution in [-0.2, 0) is 0 Å². The van der Waals surface area contributed by atoms with Crippen molar-refractivity contribution in [3.05, 3.63) is 36.3 Å². The number of nitrogens with one attached hydrogen (secondary N) is 1. The maximum Gasteiger partial charge on any atom is 0.147 e. The fourth-order valence-electron chi connectivity index (χ4n) is 0.865. The molecule has 0 heterocycles. The van der Waals surface area contributed by atoms with Crippen LogP contribution in [0.15, 0.2) is 36.3 Å². The molecule has 0 saturated heterocycles. The van der Waals surface area contributed by atoms with Crippen LogP contribution in [0, 0.1) is 11.3 Å². The van der Waals surface area contributed by atoms with E-state index in [-0.39, 0.29) is 11.3 Å². The summed E-state index contributed by atoms with van der Waals surface area (Å²) < 4.78 is 13.4. The lowest BCUT2D eigenvalue weighted by atomic mass is 10.2. The van der Waals surface area contributed by atoms with Crippen LogP contribution >= 0.6 is 0 Å². The number of nitriles is 1. The number of likely N-dealkylation sites (N-methyl/N-ethyl adjacent to an activating group) is 2. The molecular weight excluding hydrogens is 193 g/mol. The Kier molecular flexibility index (Phi) is 6.07. The quantitative estimate of drug-likeness (QED) is 0.533. The molecule has 0 bridgehead atoms. The summed E-state index contributed by atoms with van der Waals surface area (Å²) in [6, 6.07) is 1.75. The molecular formula is C11H16FN3. The Morgan fingerprint density at radius 2 is 2.20 bits per heavy atom. The summed E-state index contributed by atoms with van der Waals surface area (Å²) >= 11 is 0. The molecule has 0 unspecified atom stereocenters. The Morgan fingerprint density at radius 1 is 1.60 bits per heavy atom. The lowest BCUT2D eigenvalue weighted by Gasteiger charge is -2.20. The Balaban J connectivity index is 4.38. The zero-order valence-electron chi connectivity index (χ0n) is 9.18. The number of allylic oxidation sites excluding steroid dienone is 3. The van der Waals surface area contributed by atoms with E-state index < -0.39 is 5.83 Å². The minimum atomic E-state index is -0.528. The smallest absolute Gasteiger partial charge is 0.147 e. The third-order valence-corrected chi connectivity index (χ3v) is 1.88. The largest absolute Gasteiger partial charge is 0.371 e. The van der Waals surface area contributed by atoms with Crippen LogP contribution < -0.4 is 5.32 Å². The van der Waals surface area contributed by atoms with Gasteiger partial charge >= 0.3 is 0 Å². The molecule has 3 nitrogen and oxygen atoms in total. The average Bonchev–Trinajstić information content (AvgIpc) is 2.24. The van der Waals surface area contributed by atoms with Gasteiger partial charge in [-0.25, -0.2) is 4.39 Å². The highest BCUT2D eigenvalue weighted by Crippen LogP contribution is 2.14. The van der Waals surface area contributed by atoms with Crippen LogP contribution in [0.5, 0.6) is 0 Å². The van der Waals surface area contributed by atoms with Crippen molar-refractivity contribution in [2.45, 2.75) is 0 Å². The summed E-state index contributed by atoms with van der Waals surface area (Å²) in [6.45, 7) is 8.35. The minimum Gasteiger partial charge on any atom is -0.371 e. The van der Waals surface area contributed by atoms with Gasteiger partial charge in [0.1, 0.15) is 5.83 Å². The van der Waals surface area contributed by atoms with Crippen molar-refractivity contribution in [3.8, 4) is 6.07 Å². The predicted molar refractivity (Wildman–Crippen MR) is 59.6 cm³/mol. The third kappa shape index (κ3) is 4.99.